The smallest absolute Gasteiger partial charge is 0.110 e. The summed E-state index contributed by atoms with van der Waals surface area (Å²) in [6, 6.07) is 6.10. The highest BCUT2D eigenvalue weighted by molar-refractivity contribution is 7.12. The molecule has 1 rings (SSSR count). The Kier molecular flexibility index (Phi) is 7.70. The van der Waals surface area contributed by atoms with Crippen LogP contribution in [0.15, 0.2) is 12.1 Å². The molecule has 0 aromatic carbocycles. The maximum atomic E-state index is 8.70. The van der Waals surface area contributed by atoms with E-state index in [1.165, 1.54) is 43.4 Å². The first-order chi connectivity index (χ1) is 8.36. The number of rotatable bonds is 9. The third-order valence-corrected chi connectivity index (χ3v) is 3.77. The molecule has 94 valence electrons. The van der Waals surface area contributed by atoms with Crippen LogP contribution in [0.1, 0.15) is 55.2 Å². The molecule has 0 saturated heterocycles. The van der Waals surface area contributed by atoms with Crippen molar-refractivity contribution in [3.8, 4) is 6.07 Å². The van der Waals surface area contributed by atoms with Gasteiger partial charge in [0.15, 0.2) is 0 Å². The third-order valence-electron chi connectivity index (χ3n) is 2.78. The van der Waals surface area contributed by atoms with Crippen molar-refractivity contribution in [2.24, 2.45) is 0 Å². The monoisotopic (exact) mass is 250 g/mol. The molecule has 2 nitrogen and oxygen atoms in total. The van der Waals surface area contributed by atoms with E-state index in [1.807, 2.05) is 12.1 Å². The van der Waals surface area contributed by atoms with Crippen LogP contribution in [-0.2, 0) is 6.54 Å². The summed E-state index contributed by atoms with van der Waals surface area (Å²) in [6.45, 7) is 4.24. The number of nitriles is 1. The second-order valence-electron chi connectivity index (χ2n) is 4.32. The second-order valence-corrected chi connectivity index (χ2v) is 5.49. The van der Waals surface area contributed by atoms with Crippen molar-refractivity contribution < 1.29 is 0 Å². The predicted molar refractivity (Wildman–Crippen MR) is 74.1 cm³/mol. The molecule has 0 atom stereocenters. The lowest BCUT2D eigenvalue weighted by Crippen LogP contribution is -2.13. The first kappa shape index (κ1) is 14.2. The molecule has 1 aromatic rings. The van der Waals surface area contributed by atoms with Gasteiger partial charge < -0.3 is 5.32 Å². The maximum absolute atomic E-state index is 8.70. The molecule has 0 amide bonds. The molecular formula is C14H22N2S. The summed E-state index contributed by atoms with van der Waals surface area (Å²) in [5.74, 6) is 0. The molecule has 0 unspecified atom stereocenters. The van der Waals surface area contributed by atoms with Gasteiger partial charge in [-0.05, 0) is 25.1 Å². The topological polar surface area (TPSA) is 35.8 Å². The molecular weight excluding hydrogens is 228 g/mol. The van der Waals surface area contributed by atoms with E-state index in [0.29, 0.717) is 0 Å². The van der Waals surface area contributed by atoms with Crippen LogP contribution in [0.5, 0.6) is 0 Å². The SMILES string of the molecule is CCCCCCCCNCc1ccc(C#N)s1. The van der Waals surface area contributed by atoms with Crippen LogP contribution in [0, 0.1) is 11.3 Å². The van der Waals surface area contributed by atoms with Crippen molar-refractivity contribution in [2.75, 3.05) is 6.54 Å². The van der Waals surface area contributed by atoms with Gasteiger partial charge in [0.1, 0.15) is 10.9 Å². The summed E-state index contributed by atoms with van der Waals surface area (Å²) < 4.78 is 0. The number of hydrogen-bond donors (Lipinski definition) is 1. The molecule has 1 N–H and O–H groups in total. The Hall–Kier alpha value is -0.850. The van der Waals surface area contributed by atoms with E-state index in [4.69, 9.17) is 5.26 Å². The standard InChI is InChI=1S/C14H22N2S/c1-2-3-4-5-6-7-10-16-12-14-9-8-13(11-15)17-14/h8-9,16H,2-7,10,12H2,1H3. The van der Waals surface area contributed by atoms with Gasteiger partial charge in [0.2, 0.25) is 0 Å². The minimum Gasteiger partial charge on any atom is -0.312 e. The summed E-state index contributed by atoms with van der Waals surface area (Å²) in [6.07, 6.45) is 8.04. The molecule has 0 aliphatic rings. The fourth-order valence-electron chi connectivity index (χ4n) is 1.77. The molecule has 0 saturated carbocycles. The highest BCUT2D eigenvalue weighted by atomic mass is 32.1. The summed E-state index contributed by atoms with van der Waals surface area (Å²) >= 11 is 1.58. The van der Waals surface area contributed by atoms with Gasteiger partial charge in [-0.15, -0.1) is 11.3 Å². The van der Waals surface area contributed by atoms with E-state index in [2.05, 4.69) is 18.3 Å². The van der Waals surface area contributed by atoms with E-state index in [0.717, 1.165) is 18.0 Å². The van der Waals surface area contributed by atoms with Crippen LogP contribution < -0.4 is 5.32 Å². The predicted octanol–water partition coefficient (Wildman–Crippen LogP) is 4.07. The molecule has 0 spiro atoms. The molecule has 0 fully saturated rings. The fourth-order valence-corrected chi connectivity index (χ4v) is 2.55. The van der Waals surface area contributed by atoms with Crippen molar-refractivity contribution in [1.82, 2.24) is 5.32 Å². The van der Waals surface area contributed by atoms with E-state index >= 15 is 0 Å². The molecule has 1 aromatic heterocycles. The number of thiophene rings is 1. The number of nitrogens with one attached hydrogen (secondary N) is 1. The largest absolute Gasteiger partial charge is 0.312 e. The van der Waals surface area contributed by atoms with Crippen LogP contribution >= 0.6 is 11.3 Å². The highest BCUT2D eigenvalue weighted by Gasteiger charge is 1.98. The summed E-state index contributed by atoms with van der Waals surface area (Å²) in [7, 11) is 0. The Morgan fingerprint density at radius 1 is 1.18 bits per heavy atom. The summed E-state index contributed by atoms with van der Waals surface area (Å²) in [5, 5.41) is 12.1. The zero-order valence-electron chi connectivity index (χ0n) is 10.7. The fraction of sp³-hybridized carbons (Fsp3) is 0.643. The average molecular weight is 250 g/mol. The van der Waals surface area contributed by atoms with Gasteiger partial charge in [-0.1, -0.05) is 39.0 Å². The van der Waals surface area contributed by atoms with Gasteiger partial charge in [0.05, 0.1) is 0 Å². The lowest BCUT2D eigenvalue weighted by atomic mass is 10.1. The molecule has 1 heterocycles. The van der Waals surface area contributed by atoms with Crippen LogP contribution in [0.25, 0.3) is 0 Å². The van der Waals surface area contributed by atoms with Gasteiger partial charge in [0, 0.05) is 11.4 Å². The van der Waals surface area contributed by atoms with Gasteiger partial charge in [-0.25, -0.2) is 0 Å². The first-order valence-electron chi connectivity index (χ1n) is 6.56. The van der Waals surface area contributed by atoms with Crippen LogP contribution in [-0.4, -0.2) is 6.54 Å². The normalized spacial score (nSPS) is 10.4. The lowest BCUT2D eigenvalue weighted by Gasteiger charge is -2.03. The zero-order chi connectivity index (χ0) is 12.3. The zero-order valence-corrected chi connectivity index (χ0v) is 11.5. The van der Waals surface area contributed by atoms with E-state index < -0.39 is 0 Å². The Bertz CT molecular complexity index is 338. The summed E-state index contributed by atoms with van der Waals surface area (Å²) in [4.78, 5) is 2.06. The average Bonchev–Trinajstić information content (AvgIpc) is 2.80. The Morgan fingerprint density at radius 3 is 2.65 bits per heavy atom. The number of nitrogens with zero attached hydrogens (tertiary/aromatic N) is 1. The maximum Gasteiger partial charge on any atom is 0.110 e. The molecule has 0 radical (unpaired) electrons. The minimum absolute atomic E-state index is 0.807. The van der Waals surface area contributed by atoms with E-state index in [9.17, 15) is 0 Å². The van der Waals surface area contributed by atoms with Gasteiger partial charge >= 0.3 is 0 Å². The van der Waals surface area contributed by atoms with Gasteiger partial charge in [0.25, 0.3) is 0 Å². The molecule has 0 aliphatic heterocycles. The van der Waals surface area contributed by atoms with Crippen molar-refractivity contribution in [3.05, 3.63) is 21.9 Å². The Balaban J connectivity index is 1.95. The van der Waals surface area contributed by atoms with Crippen LogP contribution in [0.4, 0.5) is 0 Å². The lowest BCUT2D eigenvalue weighted by molar-refractivity contribution is 0.573. The van der Waals surface area contributed by atoms with Crippen molar-refractivity contribution >= 4 is 11.3 Å². The van der Waals surface area contributed by atoms with E-state index in [1.54, 1.807) is 11.3 Å². The molecule has 0 bridgehead atoms. The number of unbranched alkanes of at least 4 members (excludes halogenated alkanes) is 5. The van der Waals surface area contributed by atoms with E-state index in [-0.39, 0.29) is 0 Å². The Morgan fingerprint density at radius 2 is 1.94 bits per heavy atom. The number of hydrogen-bond acceptors (Lipinski definition) is 3. The minimum atomic E-state index is 0.807. The molecule has 0 aliphatic carbocycles. The molecule has 17 heavy (non-hydrogen) atoms. The van der Waals surface area contributed by atoms with Gasteiger partial charge in [-0.2, -0.15) is 5.26 Å². The first-order valence-corrected chi connectivity index (χ1v) is 7.38. The van der Waals surface area contributed by atoms with Crippen molar-refractivity contribution in [3.63, 3.8) is 0 Å². The third kappa shape index (κ3) is 6.45. The van der Waals surface area contributed by atoms with Gasteiger partial charge in [-0.3, -0.25) is 0 Å². The van der Waals surface area contributed by atoms with Crippen molar-refractivity contribution in [1.29, 1.82) is 5.26 Å². The highest BCUT2D eigenvalue weighted by Crippen LogP contribution is 2.14. The quantitative estimate of drug-likeness (QED) is 0.671. The molecule has 3 heteroatoms. The summed E-state index contributed by atoms with van der Waals surface area (Å²) in [5.41, 5.74) is 0. The van der Waals surface area contributed by atoms with Crippen LogP contribution in [0.2, 0.25) is 0 Å². The second kappa shape index (κ2) is 9.21. The Labute approximate surface area is 109 Å². The van der Waals surface area contributed by atoms with Crippen molar-refractivity contribution in [2.45, 2.75) is 52.0 Å². The van der Waals surface area contributed by atoms with Crippen LogP contribution in [0.3, 0.4) is 0 Å².